The van der Waals surface area contributed by atoms with Crippen molar-refractivity contribution in [1.29, 1.82) is 0 Å². The van der Waals surface area contributed by atoms with Gasteiger partial charge in [0.25, 0.3) is 5.88 Å². The predicted molar refractivity (Wildman–Crippen MR) is 126 cm³/mol. The second-order valence-electron chi connectivity index (χ2n) is 8.45. The van der Waals surface area contributed by atoms with E-state index >= 15 is 0 Å². The van der Waals surface area contributed by atoms with E-state index in [0.29, 0.717) is 5.88 Å². The van der Waals surface area contributed by atoms with Crippen LogP contribution in [0.25, 0.3) is 0 Å². The number of para-hydroxylation sites is 1. The Morgan fingerprint density at radius 3 is 2.50 bits per heavy atom. The fourth-order valence-corrected chi connectivity index (χ4v) is 4.28. The van der Waals surface area contributed by atoms with Gasteiger partial charge in [-0.1, -0.05) is 42.0 Å². The molecule has 2 heterocycles. The Balaban J connectivity index is 1.37. The number of carbonyl (C=O) groups is 1. The maximum absolute atomic E-state index is 12.9. The quantitative estimate of drug-likeness (QED) is 0.597. The van der Waals surface area contributed by atoms with Crippen molar-refractivity contribution in [3.8, 4) is 11.6 Å². The van der Waals surface area contributed by atoms with Crippen molar-refractivity contribution in [3.63, 3.8) is 0 Å². The van der Waals surface area contributed by atoms with Crippen LogP contribution in [0.5, 0.6) is 11.6 Å². The van der Waals surface area contributed by atoms with E-state index in [-0.39, 0.29) is 17.9 Å². The van der Waals surface area contributed by atoms with Crippen molar-refractivity contribution in [2.45, 2.75) is 39.7 Å². The molecular weight excluding hydrogens is 400 g/mol. The van der Waals surface area contributed by atoms with Crippen molar-refractivity contribution >= 4 is 11.7 Å². The van der Waals surface area contributed by atoms with Crippen LogP contribution in [0.3, 0.4) is 0 Å². The van der Waals surface area contributed by atoms with Crippen LogP contribution in [-0.4, -0.2) is 29.0 Å². The minimum Gasteiger partial charge on any atom is -0.436 e. The number of aromatic nitrogens is 2. The SMILES string of the molecule is Cc1ccc(C(C)NC(=O)C2CCN(c3nccnc3Oc3ccccc3)CC2)c(C)c1. The van der Waals surface area contributed by atoms with Crippen molar-refractivity contribution in [1.82, 2.24) is 15.3 Å². The van der Waals surface area contributed by atoms with Crippen LogP contribution >= 0.6 is 0 Å². The van der Waals surface area contributed by atoms with Gasteiger partial charge in [0.15, 0.2) is 5.82 Å². The third-order valence-electron chi connectivity index (χ3n) is 6.02. The van der Waals surface area contributed by atoms with Crippen molar-refractivity contribution in [2.75, 3.05) is 18.0 Å². The number of amides is 1. The molecule has 1 aliphatic heterocycles. The molecule has 166 valence electrons. The molecule has 0 spiro atoms. The number of benzene rings is 2. The van der Waals surface area contributed by atoms with Gasteiger partial charge in [-0.15, -0.1) is 0 Å². The molecule has 1 saturated heterocycles. The zero-order valence-corrected chi connectivity index (χ0v) is 18.9. The molecule has 6 nitrogen and oxygen atoms in total. The Kier molecular flexibility index (Phi) is 6.69. The molecule has 1 fully saturated rings. The predicted octanol–water partition coefficient (Wildman–Crippen LogP) is 4.98. The molecule has 0 bridgehead atoms. The van der Waals surface area contributed by atoms with E-state index in [0.717, 1.165) is 37.5 Å². The monoisotopic (exact) mass is 430 g/mol. The lowest BCUT2D eigenvalue weighted by molar-refractivity contribution is -0.126. The van der Waals surface area contributed by atoms with E-state index in [2.05, 4.69) is 59.2 Å². The number of anilines is 1. The highest BCUT2D eigenvalue weighted by molar-refractivity contribution is 5.79. The molecule has 0 aliphatic carbocycles. The lowest BCUT2D eigenvalue weighted by Crippen LogP contribution is -2.41. The Labute approximate surface area is 189 Å². The molecule has 6 heteroatoms. The maximum Gasteiger partial charge on any atom is 0.263 e. The summed E-state index contributed by atoms with van der Waals surface area (Å²) in [7, 11) is 0. The lowest BCUT2D eigenvalue weighted by Gasteiger charge is -2.33. The summed E-state index contributed by atoms with van der Waals surface area (Å²) >= 11 is 0. The van der Waals surface area contributed by atoms with Gasteiger partial charge in [-0.3, -0.25) is 4.79 Å². The Bertz CT molecular complexity index is 1060. The molecule has 2 aromatic carbocycles. The molecule has 4 rings (SSSR count). The topological polar surface area (TPSA) is 67.4 Å². The summed E-state index contributed by atoms with van der Waals surface area (Å²) in [5.74, 6) is 2.06. The van der Waals surface area contributed by atoms with Crippen molar-refractivity contribution in [3.05, 3.63) is 77.6 Å². The summed E-state index contributed by atoms with van der Waals surface area (Å²) in [5, 5.41) is 3.21. The summed E-state index contributed by atoms with van der Waals surface area (Å²) in [6.45, 7) is 7.71. The van der Waals surface area contributed by atoms with Gasteiger partial charge in [-0.05, 0) is 56.9 Å². The second-order valence-corrected chi connectivity index (χ2v) is 8.45. The van der Waals surface area contributed by atoms with Gasteiger partial charge >= 0.3 is 0 Å². The number of hydrogen-bond acceptors (Lipinski definition) is 5. The highest BCUT2D eigenvalue weighted by atomic mass is 16.5. The van der Waals surface area contributed by atoms with E-state index in [1.807, 2.05) is 30.3 Å². The first-order valence-corrected chi connectivity index (χ1v) is 11.2. The third kappa shape index (κ3) is 5.07. The summed E-state index contributed by atoms with van der Waals surface area (Å²) in [5.41, 5.74) is 3.61. The fraction of sp³-hybridized carbons (Fsp3) is 0.346. The van der Waals surface area contributed by atoms with Gasteiger partial charge in [0.1, 0.15) is 5.75 Å². The van der Waals surface area contributed by atoms with Crippen LogP contribution in [0.1, 0.15) is 42.5 Å². The highest BCUT2D eigenvalue weighted by Gasteiger charge is 2.28. The number of aryl methyl sites for hydroxylation is 2. The molecule has 3 aromatic rings. The third-order valence-corrected chi connectivity index (χ3v) is 6.02. The van der Waals surface area contributed by atoms with Gasteiger partial charge in [0, 0.05) is 31.4 Å². The molecule has 32 heavy (non-hydrogen) atoms. The van der Waals surface area contributed by atoms with E-state index < -0.39 is 0 Å². The molecule has 0 saturated carbocycles. The van der Waals surface area contributed by atoms with Crippen LogP contribution < -0.4 is 15.0 Å². The smallest absolute Gasteiger partial charge is 0.263 e. The molecule has 1 aliphatic rings. The van der Waals surface area contributed by atoms with E-state index in [9.17, 15) is 4.79 Å². The van der Waals surface area contributed by atoms with E-state index in [1.165, 1.54) is 16.7 Å². The first kappa shape index (κ1) is 21.8. The summed E-state index contributed by atoms with van der Waals surface area (Å²) in [6.07, 6.45) is 4.85. The van der Waals surface area contributed by atoms with Crippen molar-refractivity contribution in [2.24, 2.45) is 5.92 Å². The number of rotatable bonds is 6. The van der Waals surface area contributed by atoms with Crippen LogP contribution in [0.4, 0.5) is 5.82 Å². The van der Waals surface area contributed by atoms with Gasteiger partial charge < -0.3 is 15.0 Å². The molecular formula is C26H30N4O2. The lowest BCUT2D eigenvalue weighted by atomic mass is 9.94. The standard InChI is InChI=1S/C26H30N4O2/c1-18-9-10-23(19(2)17-18)20(3)29-25(31)21-11-15-30(16-12-21)24-26(28-14-13-27-24)32-22-7-5-4-6-8-22/h4-10,13-14,17,20-21H,11-12,15-16H2,1-3H3,(H,29,31). The molecule has 1 N–H and O–H groups in total. The number of piperidine rings is 1. The average molecular weight is 431 g/mol. The van der Waals surface area contributed by atoms with Crippen LogP contribution in [-0.2, 0) is 4.79 Å². The maximum atomic E-state index is 12.9. The first-order valence-electron chi connectivity index (χ1n) is 11.2. The Morgan fingerprint density at radius 2 is 1.78 bits per heavy atom. The number of carbonyl (C=O) groups excluding carboxylic acids is 1. The molecule has 1 aromatic heterocycles. The summed E-state index contributed by atoms with van der Waals surface area (Å²) in [6, 6.07) is 15.9. The molecule has 0 radical (unpaired) electrons. The summed E-state index contributed by atoms with van der Waals surface area (Å²) in [4.78, 5) is 24.0. The largest absolute Gasteiger partial charge is 0.436 e. The first-order chi connectivity index (χ1) is 15.5. The van der Waals surface area contributed by atoms with Crippen molar-refractivity contribution < 1.29 is 9.53 Å². The number of nitrogens with one attached hydrogen (secondary N) is 1. The second kappa shape index (κ2) is 9.81. The normalized spacial score (nSPS) is 15.3. The van der Waals surface area contributed by atoms with Gasteiger partial charge in [-0.2, -0.15) is 0 Å². The minimum atomic E-state index is -0.00741. The van der Waals surface area contributed by atoms with Crippen LogP contribution in [0, 0.1) is 19.8 Å². The van der Waals surface area contributed by atoms with Gasteiger partial charge in [0.2, 0.25) is 5.91 Å². The molecule has 1 amide bonds. The fourth-order valence-electron chi connectivity index (χ4n) is 4.28. The Morgan fingerprint density at radius 1 is 1.06 bits per heavy atom. The van der Waals surface area contributed by atoms with E-state index in [4.69, 9.17) is 4.74 Å². The molecule has 1 unspecified atom stereocenters. The number of ether oxygens (including phenoxy) is 1. The van der Waals surface area contributed by atoms with Crippen LogP contribution in [0.2, 0.25) is 0 Å². The van der Waals surface area contributed by atoms with E-state index in [1.54, 1.807) is 12.4 Å². The molecule has 1 atom stereocenters. The highest BCUT2D eigenvalue weighted by Crippen LogP contribution is 2.31. The minimum absolute atomic E-state index is 0.00498. The number of nitrogens with zero attached hydrogens (tertiary/aromatic N) is 3. The average Bonchev–Trinajstić information content (AvgIpc) is 2.80. The van der Waals surface area contributed by atoms with Gasteiger partial charge in [0.05, 0.1) is 6.04 Å². The number of hydrogen-bond donors (Lipinski definition) is 1. The summed E-state index contributed by atoms with van der Waals surface area (Å²) < 4.78 is 5.96. The van der Waals surface area contributed by atoms with Crippen LogP contribution in [0.15, 0.2) is 60.9 Å². The van der Waals surface area contributed by atoms with Gasteiger partial charge in [-0.25, -0.2) is 9.97 Å². The zero-order valence-electron chi connectivity index (χ0n) is 18.9. The Hall–Kier alpha value is -3.41. The zero-order chi connectivity index (χ0) is 22.5.